The smallest absolute Gasteiger partial charge is 0.0741 e. The normalized spacial score (nSPS) is 33.9. The molecule has 1 aromatic rings. The van der Waals surface area contributed by atoms with Crippen LogP contribution in [0.4, 0.5) is 0 Å². The first-order valence-electron chi connectivity index (χ1n) is 9.76. The fraction of sp³-hybridized carbons (Fsp3) is 0.667. The molecule has 0 saturated heterocycles. The Labute approximate surface area is 141 Å². The summed E-state index contributed by atoms with van der Waals surface area (Å²) in [5, 5.41) is 1.58. The van der Waals surface area contributed by atoms with E-state index in [-0.39, 0.29) is 0 Å². The maximum Gasteiger partial charge on any atom is 0.0741 e. The third-order valence-corrected chi connectivity index (χ3v) is 8.42. The van der Waals surface area contributed by atoms with Crippen molar-refractivity contribution in [3.63, 3.8) is 0 Å². The van der Waals surface area contributed by atoms with E-state index in [9.17, 15) is 0 Å². The van der Waals surface area contributed by atoms with Crippen molar-refractivity contribution in [1.82, 2.24) is 4.98 Å². The highest BCUT2D eigenvalue weighted by molar-refractivity contribution is 7.31. The number of fused-ring (bicyclic) bond motifs is 2. The van der Waals surface area contributed by atoms with Crippen LogP contribution in [0.1, 0.15) is 80.1 Å². The summed E-state index contributed by atoms with van der Waals surface area (Å²) in [6, 6.07) is 0. The molecule has 0 radical (unpaired) electrons. The van der Waals surface area contributed by atoms with Crippen LogP contribution >= 0.6 is 8.19 Å². The minimum Gasteiger partial charge on any atom is -0.248 e. The molecule has 0 spiro atoms. The van der Waals surface area contributed by atoms with Crippen LogP contribution in [-0.4, -0.2) is 4.98 Å². The van der Waals surface area contributed by atoms with E-state index < -0.39 is 0 Å². The highest BCUT2D eigenvalue weighted by Crippen LogP contribution is 2.54. The van der Waals surface area contributed by atoms with E-state index in [0.717, 1.165) is 38.3 Å². The van der Waals surface area contributed by atoms with Gasteiger partial charge in [0.2, 0.25) is 0 Å². The Balaban J connectivity index is 1.49. The molecule has 0 aliphatic heterocycles. The van der Waals surface area contributed by atoms with Gasteiger partial charge in [-0.25, -0.2) is 4.98 Å². The lowest BCUT2D eigenvalue weighted by Gasteiger charge is -2.23. The highest BCUT2D eigenvalue weighted by atomic mass is 31.0. The quantitative estimate of drug-likeness (QED) is 0.642. The summed E-state index contributed by atoms with van der Waals surface area (Å²) in [5.41, 5.74) is 6.25. The van der Waals surface area contributed by atoms with Crippen LogP contribution < -0.4 is 0 Å². The molecule has 1 nitrogen and oxygen atoms in total. The Morgan fingerprint density at radius 2 is 1.96 bits per heavy atom. The molecule has 5 rings (SSSR count). The van der Waals surface area contributed by atoms with E-state index in [4.69, 9.17) is 4.98 Å². The summed E-state index contributed by atoms with van der Waals surface area (Å²) in [4.78, 5) is 5.23. The zero-order chi connectivity index (χ0) is 15.4. The molecule has 4 aliphatic rings. The molecule has 2 bridgehead atoms. The zero-order valence-corrected chi connectivity index (χ0v) is 15.3. The van der Waals surface area contributed by atoms with Crippen molar-refractivity contribution in [2.45, 2.75) is 70.6 Å². The summed E-state index contributed by atoms with van der Waals surface area (Å²) in [6.07, 6.45) is 17.6. The maximum absolute atomic E-state index is 5.23. The van der Waals surface area contributed by atoms with E-state index in [1.54, 1.807) is 21.9 Å². The van der Waals surface area contributed by atoms with Crippen LogP contribution in [-0.2, 0) is 0 Å². The lowest BCUT2D eigenvalue weighted by atomic mass is 9.81. The molecule has 23 heavy (non-hydrogen) atoms. The van der Waals surface area contributed by atoms with Crippen molar-refractivity contribution in [3.05, 3.63) is 34.1 Å². The number of hydrogen-bond donors (Lipinski definition) is 0. The Morgan fingerprint density at radius 3 is 2.70 bits per heavy atom. The SMILES string of the molecule is Cc1[pH]c(C2CCCC2)nc1C1=C(C2CC3CCC2C3)C=CC1. The summed E-state index contributed by atoms with van der Waals surface area (Å²) < 4.78 is 0. The van der Waals surface area contributed by atoms with Crippen molar-refractivity contribution >= 4 is 13.8 Å². The first-order valence-corrected chi connectivity index (χ1v) is 10.8. The molecule has 4 aliphatic carbocycles. The summed E-state index contributed by atoms with van der Waals surface area (Å²) in [5.74, 6) is 3.68. The molecule has 3 saturated carbocycles. The van der Waals surface area contributed by atoms with E-state index in [1.165, 1.54) is 57.1 Å². The fourth-order valence-electron chi connectivity index (χ4n) is 5.90. The molecule has 4 unspecified atom stereocenters. The van der Waals surface area contributed by atoms with Gasteiger partial charge in [-0.2, -0.15) is 0 Å². The minimum atomic E-state index is 0.807. The first kappa shape index (κ1) is 14.5. The van der Waals surface area contributed by atoms with Gasteiger partial charge in [-0.15, -0.1) is 8.19 Å². The Bertz CT molecular complexity index is 674. The summed E-state index contributed by atoms with van der Waals surface area (Å²) >= 11 is 0. The van der Waals surface area contributed by atoms with E-state index >= 15 is 0 Å². The summed E-state index contributed by atoms with van der Waals surface area (Å²) in [6.45, 7) is 2.35. The molecule has 3 fully saturated rings. The average molecular weight is 325 g/mol. The van der Waals surface area contributed by atoms with Crippen molar-refractivity contribution in [1.29, 1.82) is 0 Å². The largest absolute Gasteiger partial charge is 0.248 e. The Kier molecular flexibility index (Phi) is 3.55. The van der Waals surface area contributed by atoms with Crippen molar-refractivity contribution in [2.24, 2.45) is 17.8 Å². The number of rotatable bonds is 3. The highest BCUT2D eigenvalue weighted by Gasteiger charge is 2.42. The van der Waals surface area contributed by atoms with Crippen LogP contribution in [0, 0.1) is 24.7 Å². The van der Waals surface area contributed by atoms with Crippen LogP contribution in [0.2, 0.25) is 0 Å². The van der Waals surface area contributed by atoms with Crippen LogP contribution in [0.3, 0.4) is 0 Å². The predicted molar refractivity (Wildman–Crippen MR) is 99.3 cm³/mol. The second kappa shape index (κ2) is 5.62. The van der Waals surface area contributed by atoms with Crippen molar-refractivity contribution in [2.75, 3.05) is 0 Å². The van der Waals surface area contributed by atoms with Gasteiger partial charge in [0.05, 0.1) is 11.1 Å². The number of aromatic nitrogens is 1. The average Bonchev–Trinajstić information content (AvgIpc) is 3.33. The molecule has 4 atom stereocenters. The molecular weight excluding hydrogens is 297 g/mol. The van der Waals surface area contributed by atoms with Gasteiger partial charge in [0.25, 0.3) is 0 Å². The Morgan fingerprint density at radius 1 is 1.09 bits per heavy atom. The third kappa shape index (κ3) is 2.39. The van der Waals surface area contributed by atoms with E-state index in [1.807, 2.05) is 0 Å². The first-order chi connectivity index (χ1) is 11.3. The van der Waals surface area contributed by atoms with Gasteiger partial charge in [-0.05, 0) is 79.6 Å². The molecular formula is C21H28NP. The second-order valence-electron chi connectivity index (χ2n) is 8.40. The number of aryl methyl sites for hydroxylation is 1. The van der Waals surface area contributed by atoms with Gasteiger partial charge >= 0.3 is 0 Å². The fourth-order valence-corrected chi connectivity index (χ4v) is 7.27. The number of hydrogen-bond acceptors (Lipinski definition) is 1. The third-order valence-electron chi connectivity index (χ3n) is 7.04. The zero-order valence-electron chi connectivity index (χ0n) is 14.3. The molecule has 1 aromatic heterocycles. The molecule has 1 heterocycles. The standard InChI is InChI=1S/C21H28NP/c1-13-20(22-21(23-13)15-5-2-3-6-15)18-8-4-7-17(18)19-12-14-9-10-16(19)11-14/h4,7,14-16,19,23H,2-3,5-6,8-12H2,1H3. The summed E-state index contributed by atoms with van der Waals surface area (Å²) in [7, 11) is 0.885. The molecule has 0 amide bonds. The maximum atomic E-state index is 5.23. The Hall–Kier alpha value is -0.810. The van der Waals surface area contributed by atoms with Gasteiger partial charge in [-0.3, -0.25) is 0 Å². The van der Waals surface area contributed by atoms with Crippen LogP contribution in [0.5, 0.6) is 0 Å². The molecule has 0 N–H and O–H groups in total. The second-order valence-corrected chi connectivity index (χ2v) is 9.91. The predicted octanol–water partition coefficient (Wildman–Crippen LogP) is 6.23. The topological polar surface area (TPSA) is 12.9 Å². The monoisotopic (exact) mass is 325 g/mol. The van der Waals surface area contributed by atoms with Crippen LogP contribution in [0.25, 0.3) is 5.57 Å². The van der Waals surface area contributed by atoms with Gasteiger partial charge in [0, 0.05) is 5.92 Å². The van der Waals surface area contributed by atoms with Gasteiger partial charge in [0.1, 0.15) is 0 Å². The number of nitrogens with zero attached hydrogens (tertiary/aromatic N) is 1. The lowest BCUT2D eigenvalue weighted by Crippen LogP contribution is -2.12. The van der Waals surface area contributed by atoms with Gasteiger partial charge in [0.15, 0.2) is 0 Å². The molecule has 122 valence electrons. The van der Waals surface area contributed by atoms with Gasteiger partial charge < -0.3 is 0 Å². The lowest BCUT2D eigenvalue weighted by molar-refractivity contribution is 0.384. The van der Waals surface area contributed by atoms with Gasteiger partial charge in [-0.1, -0.05) is 31.4 Å². The number of allylic oxidation sites excluding steroid dienone is 4. The molecule has 2 heteroatoms. The minimum absolute atomic E-state index is 0.807. The van der Waals surface area contributed by atoms with E-state index in [2.05, 4.69) is 19.1 Å². The van der Waals surface area contributed by atoms with Crippen LogP contribution in [0.15, 0.2) is 17.7 Å². The van der Waals surface area contributed by atoms with Crippen molar-refractivity contribution in [3.8, 4) is 0 Å². The van der Waals surface area contributed by atoms with E-state index in [0.29, 0.717) is 0 Å². The molecule has 0 aromatic carbocycles. The van der Waals surface area contributed by atoms with Crippen molar-refractivity contribution < 1.29 is 0 Å².